The van der Waals surface area contributed by atoms with Crippen LogP contribution in [0.1, 0.15) is 11.6 Å². The number of hydrogen-bond donors (Lipinski definition) is 2. The van der Waals surface area contributed by atoms with Crippen LogP contribution in [0.25, 0.3) is 0 Å². The minimum Gasteiger partial charge on any atom is -0.370 e. The van der Waals surface area contributed by atoms with Gasteiger partial charge in [-0.1, -0.05) is 12.1 Å². The first-order valence-electron chi connectivity index (χ1n) is 7.07. The molecular formula is C16H19F2N5. The van der Waals surface area contributed by atoms with Crippen LogP contribution in [-0.2, 0) is 0 Å². The molecule has 0 fully saturated rings. The predicted molar refractivity (Wildman–Crippen MR) is 87.1 cm³/mol. The molecular weight excluding hydrogens is 300 g/mol. The van der Waals surface area contributed by atoms with Crippen LogP contribution in [-0.4, -0.2) is 36.5 Å². The Kier molecular flexibility index (Phi) is 5.59. The average molecular weight is 319 g/mol. The minimum atomic E-state index is -0.602. The fourth-order valence-corrected chi connectivity index (χ4v) is 2.13. The van der Waals surface area contributed by atoms with Gasteiger partial charge >= 0.3 is 0 Å². The second-order valence-corrected chi connectivity index (χ2v) is 5.18. The highest BCUT2D eigenvalue weighted by Gasteiger charge is 2.21. The van der Waals surface area contributed by atoms with Crippen molar-refractivity contribution >= 4 is 11.8 Å². The molecule has 0 saturated heterocycles. The maximum atomic E-state index is 14.0. The van der Waals surface area contributed by atoms with E-state index in [4.69, 9.17) is 5.73 Å². The molecule has 7 heteroatoms. The van der Waals surface area contributed by atoms with Gasteiger partial charge in [-0.15, -0.1) is 0 Å². The van der Waals surface area contributed by atoms with Crippen molar-refractivity contribution in [2.24, 2.45) is 10.7 Å². The molecule has 1 atom stereocenters. The van der Waals surface area contributed by atoms with Crippen LogP contribution in [0.3, 0.4) is 0 Å². The summed E-state index contributed by atoms with van der Waals surface area (Å²) >= 11 is 0. The number of aliphatic imine (C=N–C) groups is 1. The lowest BCUT2D eigenvalue weighted by atomic mass is 10.0. The lowest BCUT2D eigenvalue weighted by Gasteiger charge is -2.24. The first-order valence-corrected chi connectivity index (χ1v) is 7.07. The molecule has 0 aliphatic rings. The second kappa shape index (κ2) is 7.64. The third-order valence-electron chi connectivity index (χ3n) is 3.31. The van der Waals surface area contributed by atoms with E-state index in [1.54, 1.807) is 43.4 Å². The van der Waals surface area contributed by atoms with Gasteiger partial charge in [0.15, 0.2) is 5.96 Å². The molecule has 0 saturated carbocycles. The maximum Gasteiger partial charge on any atom is 0.194 e. The monoisotopic (exact) mass is 319 g/mol. The summed E-state index contributed by atoms with van der Waals surface area (Å²) < 4.78 is 27.9. The van der Waals surface area contributed by atoms with Crippen LogP contribution in [0.5, 0.6) is 0 Å². The fraction of sp³-hybridized carbons (Fsp3) is 0.250. The van der Waals surface area contributed by atoms with Gasteiger partial charge in [0.1, 0.15) is 17.5 Å². The molecule has 0 aliphatic heterocycles. The Labute approximate surface area is 133 Å². The summed E-state index contributed by atoms with van der Waals surface area (Å²) in [7, 11) is 3.46. The highest BCUT2D eigenvalue weighted by molar-refractivity contribution is 5.91. The fourth-order valence-electron chi connectivity index (χ4n) is 2.13. The zero-order valence-corrected chi connectivity index (χ0v) is 13.0. The third-order valence-corrected chi connectivity index (χ3v) is 3.31. The molecule has 0 bridgehead atoms. The zero-order valence-electron chi connectivity index (χ0n) is 13.0. The molecule has 2 aromatic rings. The average Bonchev–Trinajstić information content (AvgIpc) is 2.50. The van der Waals surface area contributed by atoms with E-state index >= 15 is 0 Å². The summed E-state index contributed by atoms with van der Waals surface area (Å²) in [5.41, 5.74) is 5.78. The number of anilines is 1. The van der Waals surface area contributed by atoms with Gasteiger partial charge in [-0.05, 0) is 38.4 Å². The topological polar surface area (TPSA) is 66.5 Å². The third kappa shape index (κ3) is 4.46. The molecule has 2 rings (SSSR count). The normalized spacial score (nSPS) is 13.2. The van der Waals surface area contributed by atoms with Crippen molar-refractivity contribution in [2.45, 2.75) is 6.04 Å². The first kappa shape index (κ1) is 16.8. The van der Waals surface area contributed by atoms with Gasteiger partial charge < -0.3 is 16.0 Å². The van der Waals surface area contributed by atoms with Crippen molar-refractivity contribution < 1.29 is 8.78 Å². The Morgan fingerprint density at radius 3 is 2.48 bits per heavy atom. The van der Waals surface area contributed by atoms with Crippen LogP contribution in [0.2, 0.25) is 0 Å². The van der Waals surface area contributed by atoms with E-state index in [1.165, 1.54) is 18.2 Å². The summed E-state index contributed by atoms with van der Waals surface area (Å²) in [5, 5.41) is 2.83. The Morgan fingerprint density at radius 2 is 1.91 bits per heavy atom. The van der Waals surface area contributed by atoms with Gasteiger partial charge in [0.25, 0.3) is 0 Å². The van der Waals surface area contributed by atoms with E-state index < -0.39 is 17.7 Å². The van der Waals surface area contributed by atoms with E-state index in [9.17, 15) is 8.78 Å². The zero-order chi connectivity index (χ0) is 16.8. The summed E-state index contributed by atoms with van der Waals surface area (Å²) in [6, 6.07) is 8.55. The lowest BCUT2D eigenvalue weighted by Crippen LogP contribution is -2.28. The van der Waals surface area contributed by atoms with E-state index in [0.29, 0.717) is 5.82 Å². The summed E-state index contributed by atoms with van der Waals surface area (Å²) in [6.45, 7) is 0.108. The number of nitrogens with two attached hydrogens (primary N) is 1. The summed E-state index contributed by atoms with van der Waals surface area (Å²) in [6.07, 6.45) is 1.62. The molecule has 122 valence electrons. The minimum absolute atomic E-state index is 0.0214. The Hall–Kier alpha value is -2.54. The Bertz CT molecular complexity index is 653. The van der Waals surface area contributed by atoms with Crippen molar-refractivity contribution in [3.05, 3.63) is 59.8 Å². The van der Waals surface area contributed by atoms with Crippen LogP contribution >= 0.6 is 0 Å². The van der Waals surface area contributed by atoms with Crippen molar-refractivity contribution in [3.63, 3.8) is 0 Å². The number of pyridine rings is 1. The SMILES string of the molecule is CN(C)C(CN=C(N)Nc1ccccn1)c1c(F)cccc1F. The maximum absolute atomic E-state index is 14.0. The van der Waals surface area contributed by atoms with E-state index in [2.05, 4.69) is 15.3 Å². The molecule has 1 heterocycles. The molecule has 5 nitrogen and oxygen atoms in total. The van der Waals surface area contributed by atoms with Gasteiger partial charge in [-0.2, -0.15) is 0 Å². The number of nitrogens with zero attached hydrogens (tertiary/aromatic N) is 3. The number of benzene rings is 1. The smallest absolute Gasteiger partial charge is 0.194 e. The Balaban J connectivity index is 2.15. The van der Waals surface area contributed by atoms with Gasteiger partial charge in [-0.25, -0.2) is 13.8 Å². The molecule has 1 aromatic carbocycles. The van der Waals surface area contributed by atoms with Crippen LogP contribution in [0.15, 0.2) is 47.6 Å². The second-order valence-electron chi connectivity index (χ2n) is 5.18. The largest absolute Gasteiger partial charge is 0.370 e. The number of halogens is 2. The quantitative estimate of drug-likeness (QED) is 0.656. The number of aromatic nitrogens is 1. The highest BCUT2D eigenvalue weighted by atomic mass is 19.1. The number of guanidine groups is 1. The number of hydrogen-bond acceptors (Lipinski definition) is 3. The molecule has 0 aliphatic carbocycles. The van der Waals surface area contributed by atoms with Crippen LogP contribution in [0, 0.1) is 11.6 Å². The van der Waals surface area contributed by atoms with Crippen LogP contribution < -0.4 is 11.1 Å². The van der Waals surface area contributed by atoms with Crippen molar-refractivity contribution in [3.8, 4) is 0 Å². The summed E-state index contributed by atoms with van der Waals surface area (Å²) in [4.78, 5) is 9.93. The molecule has 1 aromatic heterocycles. The van der Waals surface area contributed by atoms with Crippen LogP contribution in [0.4, 0.5) is 14.6 Å². The number of likely N-dealkylation sites (N-methyl/N-ethyl adjacent to an activating group) is 1. The molecule has 0 amide bonds. The van der Waals surface area contributed by atoms with E-state index in [-0.39, 0.29) is 18.1 Å². The standard InChI is InChI=1S/C16H19F2N5/c1-23(2)13(15-11(17)6-5-7-12(15)18)10-21-16(19)22-14-8-3-4-9-20-14/h3-9,13H,10H2,1-2H3,(H3,19,20,21,22). The van der Waals surface area contributed by atoms with E-state index in [0.717, 1.165) is 0 Å². The van der Waals surface area contributed by atoms with Gasteiger partial charge in [0.2, 0.25) is 0 Å². The number of rotatable bonds is 5. The lowest BCUT2D eigenvalue weighted by molar-refractivity contribution is 0.290. The Morgan fingerprint density at radius 1 is 1.22 bits per heavy atom. The van der Waals surface area contributed by atoms with Crippen molar-refractivity contribution in [1.82, 2.24) is 9.88 Å². The molecule has 23 heavy (non-hydrogen) atoms. The molecule has 0 radical (unpaired) electrons. The van der Waals surface area contributed by atoms with Gasteiger partial charge in [-0.3, -0.25) is 4.99 Å². The predicted octanol–water partition coefficient (Wildman–Crippen LogP) is 2.39. The van der Waals surface area contributed by atoms with E-state index in [1.807, 2.05) is 0 Å². The van der Waals surface area contributed by atoms with Gasteiger partial charge in [0, 0.05) is 11.8 Å². The summed E-state index contributed by atoms with van der Waals surface area (Å²) in [5.74, 6) is -0.523. The molecule has 3 N–H and O–H groups in total. The van der Waals surface area contributed by atoms with Gasteiger partial charge in [0.05, 0.1) is 12.6 Å². The van der Waals surface area contributed by atoms with Crippen molar-refractivity contribution in [2.75, 3.05) is 26.0 Å². The van der Waals surface area contributed by atoms with Crippen molar-refractivity contribution in [1.29, 1.82) is 0 Å². The number of nitrogens with one attached hydrogen (secondary N) is 1. The molecule has 1 unspecified atom stereocenters. The molecule has 0 spiro atoms. The highest BCUT2D eigenvalue weighted by Crippen LogP contribution is 2.24. The first-order chi connectivity index (χ1) is 11.0.